The summed E-state index contributed by atoms with van der Waals surface area (Å²) in [5, 5.41) is 3.09. The average Bonchev–Trinajstić information content (AvgIpc) is 2.72. The molecule has 1 heteroatoms. The molecule has 138 valence electrons. The molecular formula is C27H26Si. The van der Waals surface area contributed by atoms with E-state index in [-0.39, 0.29) is 0 Å². The van der Waals surface area contributed by atoms with E-state index in [0.717, 1.165) is 0 Å². The summed E-state index contributed by atoms with van der Waals surface area (Å²) in [5.74, 6) is 0. The molecule has 0 unspecified atom stereocenters. The smallest absolute Gasteiger partial charge is 0.0622 e. The molecule has 4 rings (SSSR count). The number of benzene rings is 3. The van der Waals surface area contributed by atoms with Crippen LogP contribution in [0, 0.1) is 0 Å². The van der Waals surface area contributed by atoms with Gasteiger partial charge in [-0.15, -0.1) is 0 Å². The molecule has 0 atom stereocenters. The van der Waals surface area contributed by atoms with Crippen molar-refractivity contribution in [2.24, 2.45) is 0 Å². The second-order valence-electron chi connectivity index (χ2n) is 7.94. The van der Waals surface area contributed by atoms with Crippen molar-refractivity contribution in [2.75, 3.05) is 0 Å². The molecular weight excluding hydrogens is 352 g/mol. The van der Waals surface area contributed by atoms with Crippen molar-refractivity contribution in [1.82, 2.24) is 0 Å². The summed E-state index contributed by atoms with van der Waals surface area (Å²) < 4.78 is 0. The van der Waals surface area contributed by atoms with Crippen LogP contribution in [0.3, 0.4) is 0 Å². The van der Waals surface area contributed by atoms with Crippen molar-refractivity contribution in [3.8, 4) is 0 Å². The van der Waals surface area contributed by atoms with Gasteiger partial charge in [0.15, 0.2) is 0 Å². The Morgan fingerprint density at radius 1 is 0.714 bits per heavy atom. The lowest BCUT2D eigenvalue weighted by atomic mass is 9.96. The minimum absolute atomic E-state index is 1.25. The molecule has 1 aliphatic heterocycles. The fraction of sp³-hybridized carbons (Fsp3) is 0.111. The molecule has 1 heterocycles. The Morgan fingerprint density at radius 3 is 1.82 bits per heavy atom. The number of hydrogen-bond donors (Lipinski definition) is 0. The first-order valence-corrected chi connectivity index (χ1v) is 12.9. The van der Waals surface area contributed by atoms with E-state index in [1.807, 2.05) is 0 Å². The lowest BCUT2D eigenvalue weighted by Crippen LogP contribution is -2.39. The minimum atomic E-state index is -1.68. The van der Waals surface area contributed by atoms with Gasteiger partial charge in [-0.25, -0.2) is 0 Å². The molecule has 0 aromatic heterocycles. The van der Waals surface area contributed by atoms with Crippen molar-refractivity contribution >= 4 is 24.9 Å². The minimum Gasteiger partial charge on any atom is -0.0622 e. The van der Waals surface area contributed by atoms with Gasteiger partial charge in [0.2, 0.25) is 0 Å². The lowest BCUT2D eigenvalue weighted by Gasteiger charge is -2.39. The maximum Gasteiger partial charge on any atom is 0.113 e. The van der Waals surface area contributed by atoms with Crippen LogP contribution in [0.15, 0.2) is 108 Å². The van der Waals surface area contributed by atoms with Crippen molar-refractivity contribution in [2.45, 2.75) is 20.0 Å². The van der Waals surface area contributed by atoms with Gasteiger partial charge in [-0.2, -0.15) is 0 Å². The van der Waals surface area contributed by atoms with E-state index in [0.29, 0.717) is 0 Å². The van der Waals surface area contributed by atoms with Gasteiger partial charge in [0, 0.05) is 0 Å². The maximum absolute atomic E-state index is 2.48. The summed E-state index contributed by atoms with van der Waals surface area (Å²) in [5.41, 5.74) is 6.67. The predicted molar refractivity (Wildman–Crippen MR) is 125 cm³/mol. The highest BCUT2D eigenvalue weighted by molar-refractivity contribution is 7.05. The van der Waals surface area contributed by atoms with E-state index in [1.54, 1.807) is 10.4 Å². The molecule has 1 aliphatic rings. The molecule has 0 N–H and O–H groups in total. The van der Waals surface area contributed by atoms with Crippen LogP contribution in [0.1, 0.15) is 23.6 Å². The number of hydrogen-bond acceptors (Lipinski definition) is 0. The average molecular weight is 379 g/mol. The Labute approximate surface area is 169 Å². The topological polar surface area (TPSA) is 0 Å². The summed E-state index contributed by atoms with van der Waals surface area (Å²) in [6.45, 7) is 7.20. The van der Waals surface area contributed by atoms with E-state index in [9.17, 15) is 0 Å². The zero-order valence-corrected chi connectivity index (χ0v) is 17.8. The highest BCUT2D eigenvalue weighted by atomic mass is 28.3. The SMILES string of the molecule is CC(=C\c1ccccc1)/C(=C1/C=C(c2ccccc2)[Si]1(C)C)c1ccccc1. The van der Waals surface area contributed by atoms with Gasteiger partial charge in [0.1, 0.15) is 8.07 Å². The van der Waals surface area contributed by atoms with Gasteiger partial charge in [-0.3, -0.25) is 0 Å². The molecule has 3 aromatic rings. The van der Waals surface area contributed by atoms with Crippen LogP contribution in [-0.2, 0) is 0 Å². The molecule has 0 amide bonds. The second-order valence-corrected chi connectivity index (χ2v) is 12.3. The lowest BCUT2D eigenvalue weighted by molar-refractivity contribution is 1.47. The molecule has 0 saturated carbocycles. The molecule has 0 fully saturated rings. The fourth-order valence-corrected chi connectivity index (χ4v) is 7.02. The van der Waals surface area contributed by atoms with Crippen molar-refractivity contribution < 1.29 is 0 Å². The van der Waals surface area contributed by atoms with Gasteiger partial charge >= 0.3 is 0 Å². The van der Waals surface area contributed by atoms with Crippen molar-refractivity contribution in [3.05, 3.63) is 125 Å². The van der Waals surface area contributed by atoms with Crippen LogP contribution in [-0.4, -0.2) is 8.07 Å². The van der Waals surface area contributed by atoms with Crippen molar-refractivity contribution in [3.63, 3.8) is 0 Å². The van der Waals surface area contributed by atoms with Gasteiger partial charge in [0.25, 0.3) is 0 Å². The quantitative estimate of drug-likeness (QED) is 0.414. The van der Waals surface area contributed by atoms with Gasteiger partial charge in [-0.1, -0.05) is 116 Å². The second kappa shape index (κ2) is 7.61. The largest absolute Gasteiger partial charge is 0.113 e. The fourth-order valence-electron chi connectivity index (χ4n) is 4.09. The van der Waals surface area contributed by atoms with Crippen LogP contribution < -0.4 is 0 Å². The summed E-state index contributed by atoms with van der Waals surface area (Å²) in [6, 6.07) is 32.3. The Kier molecular flexibility index (Phi) is 5.02. The van der Waals surface area contributed by atoms with E-state index < -0.39 is 8.07 Å². The van der Waals surface area contributed by atoms with E-state index in [1.165, 1.54) is 27.8 Å². The van der Waals surface area contributed by atoms with E-state index in [2.05, 4.69) is 123 Å². The Hall–Kier alpha value is -2.90. The summed E-state index contributed by atoms with van der Waals surface area (Å²) in [4.78, 5) is 0. The maximum atomic E-state index is 2.48. The highest BCUT2D eigenvalue weighted by Gasteiger charge is 2.40. The third-order valence-electron chi connectivity index (χ3n) is 5.63. The first-order valence-electron chi connectivity index (χ1n) is 9.89. The Balaban J connectivity index is 1.87. The molecule has 0 nitrogen and oxygen atoms in total. The first kappa shape index (κ1) is 18.5. The summed E-state index contributed by atoms with van der Waals surface area (Å²) in [6.07, 6.45) is 4.75. The molecule has 0 aliphatic carbocycles. The van der Waals surface area contributed by atoms with Crippen LogP contribution in [0.2, 0.25) is 13.1 Å². The highest BCUT2D eigenvalue weighted by Crippen LogP contribution is 2.47. The van der Waals surface area contributed by atoms with Crippen LogP contribution >= 0.6 is 0 Å². The third-order valence-corrected chi connectivity index (χ3v) is 9.15. The monoisotopic (exact) mass is 378 g/mol. The molecule has 0 bridgehead atoms. The van der Waals surface area contributed by atoms with Gasteiger partial charge in [0.05, 0.1) is 0 Å². The normalized spacial score (nSPS) is 17.5. The zero-order chi connectivity index (χ0) is 19.6. The number of allylic oxidation sites excluding steroid dienone is 4. The molecule has 28 heavy (non-hydrogen) atoms. The van der Waals surface area contributed by atoms with Gasteiger partial charge < -0.3 is 0 Å². The molecule has 0 radical (unpaired) electrons. The molecule has 3 aromatic carbocycles. The Morgan fingerprint density at radius 2 is 1.25 bits per heavy atom. The summed E-state index contributed by atoms with van der Waals surface area (Å²) in [7, 11) is -1.68. The third kappa shape index (κ3) is 3.46. The molecule has 0 saturated heterocycles. The van der Waals surface area contributed by atoms with Crippen LogP contribution in [0.25, 0.3) is 16.8 Å². The molecule has 0 spiro atoms. The standard InChI is InChI=1S/C27H26Si/c1-21(19-22-13-7-4-8-14-22)27(24-17-11-6-12-18-24)26-20-25(28(26,2)3)23-15-9-5-10-16-23/h4-20H,1-3H3/b21-19+,27-26+. The van der Waals surface area contributed by atoms with E-state index in [4.69, 9.17) is 0 Å². The zero-order valence-electron chi connectivity index (χ0n) is 16.8. The van der Waals surface area contributed by atoms with Crippen molar-refractivity contribution in [1.29, 1.82) is 0 Å². The van der Waals surface area contributed by atoms with Crippen LogP contribution in [0.5, 0.6) is 0 Å². The number of rotatable bonds is 4. The first-order chi connectivity index (χ1) is 13.6. The van der Waals surface area contributed by atoms with E-state index >= 15 is 0 Å². The van der Waals surface area contributed by atoms with Gasteiger partial charge in [-0.05, 0) is 45.2 Å². The summed E-state index contributed by atoms with van der Waals surface area (Å²) >= 11 is 0. The Bertz CT molecular complexity index is 1050. The van der Waals surface area contributed by atoms with Crippen LogP contribution in [0.4, 0.5) is 0 Å². The predicted octanol–water partition coefficient (Wildman–Crippen LogP) is 7.43.